The first kappa shape index (κ1) is 13.4. The van der Waals surface area contributed by atoms with E-state index in [4.69, 9.17) is 5.26 Å². The van der Waals surface area contributed by atoms with E-state index in [9.17, 15) is 0 Å². The molecule has 0 radical (unpaired) electrons. The summed E-state index contributed by atoms with van der Waals surface area (Å²) in [7, 11) is 0. The summed E-state index contributed by atoms with van der Waals surface area (Å²) in [6.07, 6.45) is 3.64. The van der Waals surface area contributed by atoms with Crippen LogP contribution in [0.4, 0.5) is 0 Å². The van der Waals surface area contributed by atoms with Gasteiger partial charge < -0.3 is 5.32 Å². The minimum Gasteiger partial charge on any atom is -0.309 e. The zero-order valence-corrected chi connectivity index (χ0v) is 10.7. The van der Waals surface area contributed by atoms with E-state index in [0.29, 0.717) is 12.1 Å². The van der Waals surface area contributed by atoms with Crippen LogP contribution in [0, 0.1) is 11.3 Å². The predicted molar refractivity (Wildman–Crippen MR) is 69.6 cm³/mol. The van der Waals surface area contributed by atoms with Crippen molar-refractivity contribution < 1.29 is 0 Å². The van der Waals surface area contributed by atoms with Crippen LogP contribution in [0.15, 0.2) is 24.9 Å². The fourth-order valence-electron chi connectivity index (χ4n) is 1.61. The molecule has 0 atom stereocenters. The Hall–Kier alpha value is -1.66. The summed E-state index contributed by atoms with van der Waals surface area (Å²) in [5.74, 6) is 0. The lowest BCUT2D eigenvalue weighted by molar-refractivity contribution is 0.565. The van der Waals surface area contributed by atoms with Gasteiger partial charge >= 0.3 is 0 Å². The van der Waals surface area contributed by atoms with E-state index < -0.39 is 0 Å². The van der Waals surface area contributed by atoms with E-state index in [1.54, 1.807) is 0 Å². The minimum absolute atomic E-state index is 0.0991. The van der Waals surface area contributed by atoms with Crippen molar-refractivity contribution in [3.05, 3.63) is 41.7 Å². The van der Waals surface area contributed by atoms with E-state index in [1.807, 2.05) is 18.3 Å². The van der Waals surface area contributed by atoms with Gasteiger partial charge in [0.15, 0.2) is 0 Å². The van der Waals surface area contributed by atoms with Crippen molar-refractivity contribution in [1.29, 1.82) is 5.26 Å². The third kappa shape index (κ3) is 3.69. The van der Waals surface area contributed by atoms with Crippen LogP contribution in [0.25, 0.3) is 0 Å². The number of nitrogens with one attached hydrogen (secondary N) is 1. The van der Waals surface area contributed by atoms with Gasteiger partial charge in [-0.05, 0) is 11.6 Å². The standard InChI is InChI=1S/C14H19N3/c1-5-6-16-9-11-7-12(8-15)13(17-10-11)14(2,3)4/h5,7,10,16H,1,6,9H2,2-4H3. The second kappa shape index (κ2) is 5.60. The van der Waals surface area contributed by atoms with E-state index in [1.165, 1.54) is 0 Å². The zero-order chi connectivity index (χ0) is 12.9. The molecule has 0 bridgehead atoms. The Morgan fingerprint density at radius 1 is 1.53 bits per heavy atom. The quantitative estimate of drug-likeness (QED) is 0.637. The van der Waals surface area contributed by atoms with Crippen molar-refractivity contribution in [2.45, 2.75) is 32.7 Å². The molecule has 0 unspecified atom stereocenters. The Morgan fingerprint density at radius 3 is 2.76 bits per heavy atom. The normalized spacial score (nSPS) is 10.9. The molecule has 17 heavy (non-hydrogen) atoms. The van der Waals surface area contributed by atoms with Gasteiger partial charge in [0.1, 0.15) is 6.07 Å². The first-order valence-electron chi connectivity index (χ1n) is 5.70. The zero-order valence-electron chi connectivity index (χ0n) is 10.7. The van der Waals surface area contributed by atoms with Gasteiger partial charge in [0, 0.05) is 24.7 Å². The molecule has 0 saturated heterocycles. The highest BCUT2D eigenvalue weighted by Gasteiger charge is 2.19. The number of hydrogen-bond acceptors (Lipinski definition) is 3. The van der Waals surface area contributed by atoms with Crippen molar-refractivity contribution in [1.82, 2.24) is 10.3 Å². The number of nitriles is 1. The van der Waals surface area contributed by atoms with Gasteiger partial charge in [-0.25, -0.2) is 0 Å². The second-order valence-corrected chi connectivity index (χ2v) is 5.02. The molecule has 90 valence electrons. The van der Waals surface area contributed by atoms with Crippen molar-refractivity contribution in [2.24, 2.45) is 0 Å². The largest absolute Gasteiger partial charge is 0.309 e. The van der Waals surface area contributed by atoms with Crippen LogP contribution < -0.4 is 5.32 Å². The molecule has 0 aromatic carbocycles. The topological polar surface area (TPSA) is 48.7 Å². The maximum atomic E-state index is 9.15. The molecule has 1 aromatic rings. The lowest BCUT2D eigenvalue weighted by atomic mass is 9.88. The lowest BCUT2D eigenvalue weighted by Gasteiger charge is -2.19. The average Bonchev–Trinajstić information content (AvgIpc) is 2.28. The summed E-state index contributed by atoms with van der Waals surface area (Å²) < 4.78 is 0. The average molecular weight is 229 g/mol. The van der Waals surface area contributed by atoms with E-state index in [-0.39, 0.29) is 5.41 Å². The number of pyridine rings is 1. The highest BCUT2D eigenvalue weighted by Crippen LogP contribution is 2.23. The molecule has 0 saturated carbocycles. The Morgan fingerprint density at radius 2 is 2.24 bits per heavy atom. The maximum Gasteiger partial charge on any atom is 0.101 e. The molecule has 0 aliphatic rings. The van der Waals surface area contributed by atoms with Crippen LogP contribution in [-0.2, 0) is 12.0 Å². The van der Waals surface area contributed by atoms with Crippen molar-refractivity contribution in [2.75, 3.05) is 6.54 Å². The fraction of sp³-hybridized carbons (Fsp3) is 0.429. The molecule has 0 aliphatic carbocycles. The molecular weight excluding hydrogens is 210 g/mol. The molecule has 1 N–H and O–H groups in total. The smallest absolute Gasteiger partial charge is 0.101 e. The van der Waals surface area contributed by atoms with E-state index in [2.05, 4.69) is 43.7 Å². The molecule has 1 rings (SSSR count). The van der Waals surface area contributed by atoms with Gasteiger partial charge in [-0.1, -0.05) is 26.8 Å². The van der Waals surface area contributed by atoms with Crippen molar-refractivity contribution >= 4 is 0 Å². The summed E-state index contributed by atoms with van der Waals surface area (Å²) in [6, 6.07) is 4.13. The summed E-state index contributed by atoms with van der Waals surface area (Å²) in [6.45, 7) is 11.3. The molecule has 0 fully saturated rings. The van der Waals surface area contributed by atoms with E-state index >= 15 is 0 Å². The van der Waals surface area contributed by atoms with Gasteiger partial charge in [-0.2, -0.15) is 5.26 Å². The first-order valence-corrected chi connectivity index (χ1v) is 5.70. The number of hydrogen-bond donors (Lipinski definition) is 1. The van der Waals surface area contributed by atoms with Crippen LogP contribution in [0.5, 0.6) is 0 Å². The Kier molecular flexibility index (Phi) is 4.42. The van der Waals surface area contributed by atoms with Gasteiger partial charge in [0.05, 0.1) is 11.3 Å². The van der Waals surface area contributed by atoms with Crippen LogP contribution in [0.2, 0.25) is 0 Å². The Labute approximate surface area is 103 Å². The predicted octanol–water partition coefficient (Wildman–Crippen LogP) is 2.53. The van der Waals surface area contributed by atoms with Crippen LogP contribution in [0.1, 0.15) is 37.6 Å². The third-order valence-corrected chi connectivity index (χ3v) is 2.39. The van der Waals surface area contributed by atoms with Gasteiger partial charge in [-0.15, -0.1) is 6.58 Å². The molecule has 0 amide bonds. The number of rotatable bonds is 4. The van der Waals surface area contributed by atoms with Gasteiger partial charge in [-0.3, -0.25) is 4.98 Å². The molecular formula is C14H19N3. The molecule has 1 heterocycles. The molecule has 1 aromatic heterocycles. The highest BCUT2D eigenvalue weighted by molar-refractivity contribution is 5.39. The Balaban J connectivity index is 2.94. The highest BCUT2D eigenvalue weighted by atomic mass is 14.8. The Bertz CT molecular complexity index is 436. The van der Waals surface area contributed by atoms with Crippen LogP contribution >= 0.6 is 0 Å². The summed E-state index contributed by atoms with van der Waals surface area (Å²) >= 11 is 0. The summed E-state index contributed by atoms with van der Waals surface area (Å²) in [4.78, 5) is 4.41. The van der Waals surface area contributed by atoms with Crippen molar-refractivity contribution in [3.8, 4) is 6.07 Å². The number of aromatic nitrogens is 1. The number of nitrogens with zero attached hydrogens (tertiary/aromatic N) is 2. The first-order chi connectivity index (χ1) is 7.99. The van der Waals surface area contributed by atoms with Gasteiger partial charge in [0.2, 0.25) is 0 Å². The van der Waals surface area contributed by atoms with Crippen LogP contribution in [0.3, 0.4) is 0 Å². The minimum atomic E-state index is -0.0991. The van der Waals surface area contributed by atoms with Crippen LogP contribution in [-0.4, -0.2) is 11.5 Å². The summed E-state index contributed by atoms with van der Waals surface area (Å²) in [5.41, 5.74) is 2.44. The van der Waals surface area contributed by atoms with E-state index in [0.717, 1.165) is 17.8 Å². The van der Waals surface area contributed by atoms with Gasteiger partial charge in [0.25, 0.3) is 0 Å². The lowest BCUT2D eigenvalue weighted by Crippen LogP contribution is -2.18. The molecule has 0 spiro atoms. The SMILES string of the molecule is C=CCNCc1cnc(C(C)(C)C)c(C#N)c1. The summed E-state index contributed by atoms with van der Waals surface area (Å²) in [5, 5.41) is 12.3. The molecule has 3 heteroatoms. The molecule has 0 aliphatic heterocycles. The fourth-order valence-corrected chi connectivity index (χ4v) is 1.61. The third-order valence-electron chi connectivity index (χ3n) is 2.39. The monoisotopic (exact) mass is 229 g/mol. The molecule has 3 nitrogen and oxygen atoms in total. The van der Waals surface area contributed by atoms with Crippen molar-refractivity contribution in [3.63, 3.8) is 0 Å². The maximum absolute atomic E-state index is 9.15. The second-order valence-electron chi connectivity index (χ2n) is 5.02.